The van der Waals surface area contributed by atoms with Crippen LogP contribution in [0.4, 0.5) is 4.39 Å². The lowest BCUT2D eigenvalue weighted by Crippen LogP contribution is -2.13. The van der Waals surface area contributed by atoms with Crippen LogP contribution >= 0.6 is 0 Å². The van der Waals surface area contributed by atoms with Gasteiger partial charge in [0.25, 0.3) is 0 Å². The van der Waals surface area contributed by atoms with Crippen molar-refractivity contribution in [3.8, 4) is 5.75 Å². The van der Waals surface area contributed by atoms with Crippen LogP contribution in [0.1, 0.15) is 102 Å². The van der Waals surface area contributed by atoms with E-state index in [0.29, 0.717) is 18.3 Å². The number of benzene rings is 1. The monoisotopic (exact) mass is 348 g/mol. The average Bonchev–Trinajstić information content (AvgIpc) is 2.64. The largest absolute Gasteiger partial charge is 0.491 e. The molecule has 2 heteroatoms. The van der Waals surface area contributed by atoms with Gasteiger partial charge in [0.2, 0.25) is 0 Å². The van der Waals surface area contributed by atoms with Gasteiger partial charge in [0.15, 0.2) is 11.6 Å². The summed E-state index contributed by atoms with van der Waals surface area (Å²) < 4.78 is 20.0. The molecule has 1 nitrogen and oxygen atoms in total. The quantitative estimate of drug-likeness (QED) is 0.373. The van der Waals surface area contributed by atoms with Gasteiger partial charge >= 0.3 is 0 Å². The third-order valence-corrected chi connectivity index (χ3v) is 5.75. The summed E-state index contributed by atoms with van der Waals surface area (Å²) in [6, 6.07) is 5.66. The number of ether oxygens (including phenoxy) is 1. The fraction of sp³-hybridized carbons (Fsp3) is 0.739. The summed E-state index contributed by atoms with van der Waals surface area (Å²) in [7, 11) is 0. The normalized spacial score (nSPS) is 20.6. The molecule has 1 aromatic carbocycles. The van der Waals surface area contributed by atoms with Crippen LogP contribution in [-0.4, -0.2) is 6.61 Å². The molecular formula is C23H37FO. The van der Waals surface area contributed by atoms with Crippen molar-refractivity contribution in [1.82, 2.24) is 0 Å². The number of rotatable bonds is 11. The molecule has 0 amide bonds. The zero-order valence-electron chi connectivity index (χ0n) is 16.4. The minimum Gasteiger partial charge on any atom is -0.491 e. The van der Waals surface area contributed by atoms with Crippen molar-refractivity contribution in [3.63, 3.8) is 0 Å². The molecule has 1 aliphatic carbocycles. The van der Waals surface area contributed by atoms with Crippen LogP contribution in [0.2, 0.25) is 0 Å². The van der Waals surface area contributed by atoms with Crippen LogP contribution in [-0.2, 0) is 0 Å². The van der Waals surface area contributed by atoms with Gasteiger partial charge in [0, 0.05) is 0 Å². The highest BCUT2D eigenvalue weighted by atomic mass is 19.1. The van der Waals surface area contributed by atoms with Crippen molar-refractivity contribution in [3.05, 3.63) is 29.6 Å². The molecule has 0 aliphatic heterocycles. The number of unbranched alkanes of at least 4 members (excludes halogenated alkanes) is 5. The van der Waals surface area contributed by atoms with Crippen molar-refractivity contribution >= 4 is 0 Å². The van der Waals surface area contributed by atoms with Gasteiger partial charge in [-0.3, -0.25) is 0 Å². The predicted molar refractivity (Wildman–Crippen MR) is 105 cm³/mol. The van der Waals surface area contributed by atoms with E-state index in [9.17, 15) is 4.39 Å². The van der Waals surface area contributed by atoms with E-state index in [1.807, 2.05) is 6.07 Å². The topological polar surface area (TPSA) is 9.23 Å². The summed E-state index contributed by atoms with van der Waals surface area (Å²) in [5.74, 6) is 1.68. The van der Waals surface area contributed by atoms with Gasteiger partial charge in [-0.25, -0.2) is 4.39 Å². The van der Waals surface area contributed by atoms with Crippen LogP contribution in [0.3, 0.4) is 0 Å². The maximum absolute atomic E-state index is 14.4. The summed E-state index contributed by atoms with van der Waals surface area (Å²) in [4.78, 5) is 0. The van der Waals surface area contributed by atoms with Crippen molar-refractivity contribution in [2.24, 2.45) is 5.92 Å². The third-order valence-electron chi connectivity index (χ3n) is 5.75. The standard InChI is InChI=1S/C23H37FO/c1-3-5-7-8-9-17-25-23-16-15-21(18-22(23)24)20-13-11-19(12-14-20)10-6-4-2/h15-16,18-20H,3-14,17H2,1-2H3/t19-,20-. The second kappa shape index (κ2) is 11.5. The Balaban J connectivity index is 1.75. The maximum Gasteiger partial charge on any atom is 0.165 e. The minimum atomic E-state index is -0.181. The van der Waals surface area contributed by atoms with E-state index >= 15 is 0 Å². The molecule has 0 atom stereocenters. The van der Waals surface area contributed by atoms with Crippen molar-refractivity contribution in [1.29, 1.82) is 0 Å². The fourth-order valence-electron chi connectivity index (χ4n) is 4.05. The summed E-state index contributed by atoms with van der Waals surface area (Å²) in [6.07, 6.45) is 15.0. The molecule has 1 aliphatic rings. The van der Waals surface area contributed by atoms with E-state index in [1.54, 1.807) is 6.07 Å². The molecule has 0 heterocycles. The van der Waals surface area contributed by atoms with E-state index in [2.05, 4.69) is 19.9 Å². The molecule has 0 bridgehead atoms. The molecule has 2 rings (SSSR count). The second-order valence-electron chi connectivity index (χ2n) is 7.81. The highest BCUT2D eigenvalue weighted by molar-refractivity contribution is 5.31. The second-order valence-corrected chi connectivity index (χ2v) is 7.81. The lowest BCUT2D eigenvalue weighted by molar-refractivity contribution is 0.288. The molecule has 1 aromatic rings. The molecule has 1 fully saturated rings. The van der Waals surface area contributed by atoms with Crippen LogP contribution in [0, 0.1) is 11.7 Å². The van der Waals surface area contributed by atoms with Crippen LogP contribution < -0.4 is 4.74 Å². The van der Waals surface area contributed by atoms with Gasteiger partial charge in [-0.1, -0.05) is 64.9 Å². The Labute approximate surface area is 154 Å². The first-order valence-corrected chi connectivity index (χ1v) is 10.7. The molecule has 142 valence electrons. The molecule has 0 N–H and O–H groups in total. The number of halogens is 1. The average molecular weight is 349 g/mol. The first kappa shape index (κ1) is 20.3. The van der Waals surface area contributed by atoms with Gasteiger partial charge < -0.3 is 4.74 Å². The predicted octanol–water partition coefficient (Wildman–Crippen LogP) is 7.64. The number of hydrogen-bond donors (Lipinski definition) is 0. The van der Waals surface area contributed by atoms with E-state index in [4.69, 9.17) is 4.74 Å². The van der Waals surface area contributed by atoms with Crippen LogP contribution in [0.5, 0.6) is 5.75 Å². The van der Waals surface area contributed by atoms with E-state index in [-0.39, 0.29) is 5.82 Å². The maximum atomic E-state index is 14.4. The zero-order chi connectivity index (χ0) is 17.9. The van der Waals surface area contributed by atoms with Gasteiger partial charge in [0.1, 0.15) is 0 Å². The van der Waals surface area contributed by atoms with E-state index < -0.39 is 0 Å². The number of hydrogen-bond acceptors (Lipinski definition) is 1. The Morgan fingerprint density at radius 3 is 2.32 bits per heavy atom. The molecule has 0 unspecified atom stereocenters. The first-order valence-electron chi connectivity index (χ1n) is 10.7. The molecule has 0 aromatic heterocycles. The lowest BCUT2D eigenvalue weighted by Gasteiger charge is -2.29. The Morgan fingerprint density at radius 2 is 1.64 bits per heavy atom. The van der Waals surface area contributed by atoms with Gasteiger partial charge in [-0.05, 0) is 61.6 Å². The summed E-state index contributed by atoms with van der Waals surface area (Å²) in [5, 5.41) is 0. The van der Waals surface area contributed by atoms with Gasteiger partial charge in [-0.2, -0.15) is 0 Å². The molecule has 0 spiro atoms. The zero-order valence-corrected chi connectivity index (χ0v) is 16.4. The summed E-state index contributed by atoms with van der Waals surface area (Å²) >= 11 is 0. The van der Waals surface area contributed by atoms with E-state index in [1.165, 1.54) is 76.2 Å². The van der Waals surface area contributed by atoms with Gasteiger partial charge in [0.05, 0.1) is 6.61 Å². The Bertz CT molecular complexity index is 477. The molecule has 1 saturated carbocycles. The smallest absolute Gasteiger partial charge is 0.165 e. The van der Waals surface area contributed by atoms with Crippen LogP contribution in [0.25, 0.3) is 0 Å². The SMILES string of the molecule is CCCCCCCOc1ccc([C@H]2CC[C@H](CCCC)CC2)cc1F. The fourth-order valence-corrected chi connectivity index (χ4v) is 4.05. The first-order chi connectivity index (χ1) is 12.2. The van der Waals surface area contributed by atoms with Crippen molar-refractivity contribution < 1.29 is 9.13 Å². The van der Waals surface area contributed by atoms with E-state index in [0.717, 1.165) is 12.3 Å². The Morgan fingerprint density at radius 1 is 0.920 bits per heavy atom. The summed E-state index contributed by atoms with van der Waals surface area (Å²) in [5.41, 5.74) is 1.17. The highest BCUT2D eigenvalue weighted by Gasteiger charge is 2.22. The van der Waals surface area contributed by atoms with Crippen LogP contribution in [0.15, 0.2) is 18.2 Å². The van der Waals surface area contributed by atoms with Crippen molar-refractivity contribution in [2.75, 3.05) is 6.61 Å². The third kappa shape index (κ3) is 6.99. The minimum absolute atomic E-state index is 0.181. The van der Waals surface area contributed by atoms with Gasteiger partial charge in [-0.15, -0.1) is 0 Å². The molecular weight excluding hydrogens is 311 g/mol. The molecule has 0 radical (unpaired) electrons. The Hall–Kier alpha value is -1.05. The molecule has 25 heavy (non-hydrogen) atoms. The summed E-state index contributed by atoms with van der Waals surface area (Å²) in [6.45, 7) is 5.11. The highest BCUT2D eigenvalue weighted by Crippen LogP contribution is 2.38. The lowest BCUT2D eigenvalue weighted by atomic mass is 9.77. The Kier molecular flexibility index (Phi) is 9.36. The van der Waals surface area contributed by atoms with Crippen molar-refractivity contribution in [2.45, 2.75) is 96.8 Å². The molecule has 0 saturated heterocycles.